The average molecular weight is 189 g/mol. The van der Waals surface area contributed by atoms with Crippen LogP contribution in [0.3, 0.4) is 0 Å². The van der Waals surface area contributed by atoms with Crippen molar-refractivity contribution in [3.05, 3.63) is 42.6 Å². The fourth-order valence-electron chi connectivity index (χ4n) is 1.75. The second-order valence-corrected chi connectivity index (χ2v) is 3.40. The standard InChI is InChI=1S/C12H15NO/c1-14-12-9-5-6-10-13(12)11-7-3-2-4-8-11/h2-4,6-8,10,12H,5,9H2,1H3. The first kappa shape index (κ1) is 9.28. The lowest BCUT2D eigenvalue weighted by Crippen LogP contribution is -2.34. The Hall–Kier alpha value is -1.28. The van der Waals surface area contributed by atoms with Crippen molar-refractivity contribution in [1.29, 1.82) is 0 Å². The molecule has 2 nitrogen and oxygen atoms in total. The van der Waals surface area contributed by atoms with Gasteiger partial charge in [0.25, 0.3) is 0 Å². The summed E-state index contributed by atoms with van der Waals surface area (Å²) in [6, 6.07) is 10.3. The molecule has 0 bridgehead atoms. The molecule has 1 heterocycles. The third-order valence-electron chi connectivity index (χ3n) is 2.48. The molecule has 0 saturated carbocycles. The molecule has 74 valence electrons. The number of hydrogen-bond acceptors (Lipinski definition) is 2. The zero-order valence-electron chi connectivity index (χ0n) is 8.39. The molecule has 0 fully saturated rings. The number of ether oxygens (including phenoxy) is 1. The number of benzene rings is 1. The van der Waals surface area contributed by atoms with Gasteiger partial charge in [0.1, 0.15) is 6.23 Å². The molecule has 0 saturated heterocycles. The largest absolute Gasteiger partial charge is 0.361 e. The van der Waals surface area contributed by atoms with Crippen molar-refractivity contribution >= 4 is 5.69 Å². The quantitative estimate of drug-likeness (QED) is 0.709. The van der Waals surface area contributed by atoms with Crippen molar-refractivity contribution in [1.82, 2.24) is 0 Å². The van der Waals surface area contributed by atoms with E-state index in [9.17, 15) is 0 Å². The molecule has 1 aromatic rings. The Kier molecular flexibility index (Phi) is 2.84. The highest BCUT2D eigenvalue weighted by atomic mass is 16.5. The fourth-order valence-corrected chi connectivity index (χ4v) is 1.75. The molecule has 0 radical (unpaired) electrons. The lowest BCUT2D eigenvalue weighted by atomic mass is 10.1. The van der Waals surface area contributed by atoms with Gasteiger partial charge in [-0.25, -0.2) is 0 Å². The number of allylic oxidation sites excluding steroid dienone is 1. The Labute approximate surface area is 84.8 Å². The SMILES string of the molecule is COC1CCC=CN1c1ccccc1. The van der Waals surface area contributed by atoms with Crippen molar-refractivity contribution in [3.63, 3.8) is 0 Å². The normalized spacial score (nSPS) is 21.2. The van der Waals surface area contributed by atoms with Crippen LogP contribution in [0.1, 0.15) is 12.8 Å². The molecule has 14 heavy (non-hydrogen) atoms. The van der Waals surface area contributed by atoms with E-state index >= 15 is 0 Å². The Morgan fingerprint density at radius 2 is 2.07 bits per heavy atom. The van der Waals surface area contributed by atoms with Crippen LogP contribution in [0.5, 0.6) is 0 Å². The summed E-state index contributed by atoms with van der Waals surface area (Å²) < 4.78 is 5.43. The fraction of sp³-hybridized carbons (Fsp3) is 0.333. The van der Waals surface area contributed by atoms with E-state index in [1.54, 1.807) is 7.11 Å². The predicted molar refractivity (Wildman–Crippen MR) is 58.1 cm³/mol. The molecule has 0 spiro atoms. The summed E-state index contributed by atoms with van der Waals surface area (Å²) in [6.07, 6.45) is 6.63. The number of methoxy groups -OCH3 is 1. The molecule has 1 atom stereocenters. The van der Waals surface area contributed by atoms with E-state index < -0.39 is 0 Å². The van der Waals surface area contributed by atoms with E-state index in [1.807, 2.05) is 18.2 Å². The van der Waals surface area contributed by atoms with E-state index in [2.05, 4.69) is 29.3 Å². The highest BCUT2D eigenvalue weighted by Crippen LogP contribution is 2.23. The van der Waals surface area contributed by atoms with Crippen molar-refractivity contribution in [2.24, 2.45) is 0 Å². The zero-order valence-corrected chi connectivity index (χ0v) is 8.39. The molecular weight excluding hydrogens is 174 g/mol. The van der Waals surface area contributed by atoms with E-state index in [0.29, 0.717) is 0 Å². The molecule has 1 aliphatic rings. The second-order valence-electron chi connectivity index (χ2n) is 3.40. The predicted octanol–water partition coefficient (Wildman–Crippen LogP) is 2.77. The maximum atomic E-state index is 5.43. The monoisotopic (exact) mass is 189 g/mol. The summed E-state index contributed by atoms with van der Waals surface area (Å²) in [4.78, 5) is 2.17. The zero-order chi connectivity index (χ0) is 9.80. The minimum Gasteiger partial charge on any atom is -0.361 e. The summed E-state index contributed by atoms with van der Waals surface area (Å²) in [6.45, 7) is 0. The van der Waals surface area contributed by atoms with Gasteiger partial charge in [-0.05, 0) is 25.0 Å². The average Bonchev–Trinajstić information content (AvgIpc) is 2.30. The molecule has 0 N–H and O–H groups in total. The number of anilines is 1. The summed E-state index contributed by atoms with van der Waals surface area (Å²) in [5.74, 6) is 0. The van der Waals surface area contributed by atoms with Gasteiger partial charge in [-0.2, -0.15) is 0 Å². The summed E-state index contributed by atoms with van der Waals surface area (Å²) >= 11 is 0. The van der Waals surface area contributed by atoms with Gasteiger partial charge in [0.15, 0.2) is 0 Å². The maximum absolute atomic E-state index is 5.43. The van der Waals surface area contributed by atoms with Crippen LogP contribution < -0.4 is 4.90 Å². The van der Waals surface area contributed by atoms with Crippen LogP contribution in [0.25, 0.3) is 0 Å². The smallest absolute Gasteiger partial charge is 0.133 e. The summed E-state index contributed by atoms with van der Waals surface area (Å²) in [7, 11) is 1.76. The van der Waals surface area contributed by atoms with E-state index in [4.69, 9.17) is 4.74 Å². The third-order valence-corrected chi connectivity index (χ3v) is 2.48. The Bertz CT molecular complexity index is 307. The first-order chi connectivity index (χ1) is 6.92. The Morgan fingerprint density at radius 3 is 2.79 bits per heavy atom. The van der Waals surface area contributed by atoms with Crippen LogP contribution in [0.15, 0.2) is 42.6 Å². The number of rotatable bonds is 2. The van der Waals surface area contributed by atoms with Crippen LogP contribution >= 0.6 is 0 Å². The molecule has 1 aromatic carbocycles. The Balaban J connectivity index is 2.23. The molecular formula is C12H15NO. The molecule has 1 aliphatic heterocycles. The second kappa shape index (κ2) is 4.29. The topological polar surface area (TPSA) is 12.5 Å². The van der Waals surface area contributed by atoms with Crippen molar-refractivity contribution < 1.29 is 4.74 Å². The van der Waals surface area contributed by atoms with Crippen molar-refractivity contribution in [2.45, 2.75) is 19.1 Å². The first-order valence-electron chi connectivity index (χ1n) is 4.94. The highest BCUT2D eigenvalue weighted by Gasteiger charge is 2.17. The maximum Gasteiger partial charge on any atom is 0.133 e. The van der Waals surface area contributed by atoms with Crippen LogP contribution in [-0.2, 0) is 4.74 Å². The molecule has 0 aromatic heterocycles. The number of nitrogens with zero attached hydrogens (tertiary/aromatic N) is 1. The van der Waals surface area contributed by atoms with E-state index in [-0.39, 0.29) is 6.23 Å². The number of hydrogen-bond donors (Lipinski definition) is 0. The minimum absolute atomic E-state index is 0.183. The van der Waals surface area contributed by atoms with Crippen LogP contribution in [0.4, 0.5) is 5.69 Å². The van der Waals surface area contributed by atoms with Crippen molar-refractivity contribution in [2.75, 3.05) is 12.0 Å². The summed E-state index contributed by atoms with van der Waals surface area (Å²) in [5.41, 5.74) is 1.19. The van der Waals surface area contributed by atoms with Gasteiger partial charge < -0.3 is 9.64 Å². The van der Waals surface area contributed by atoms with Crippen LogP contribution in [0, 0.1) is 0 Å². The third kappa shape index (κ3) is 1.80. The van der Waals surface area contributed by atoms with Gasteiger partial charge in [-0.15, -0.1) is 0 Å². The van der Waals surface area contributed by atoms with Gasteiger partial charge in [0.2, 0.25) is 0 Å². The molecule has 2 rings (SSSR count). The van der Waals surface area contributed by atoms with Gasteiger partial charge in [0, 0.05) is 19.0 Å². The van der Waals surface area contributed by atoms with E-state index in [0.717, 1.165) is 12.8 Å². The van der Waals surface area contributed by atoms with Gasteiger partial charge in [-0.3, -0.25) is 0 Å². The molecule has 0 amide bonds. The van der Waals surface area contributed by atoms with Crippen LogP contribution in [0.2, 0.25) is 0 Å². The van der Waals surface area contributed by atoms with Gasteiger partial charge in [0.05, 0.1) is 0 Å². The van der Waals surface area contributed by atoms with Crippen LogP contribution in [-0.4, -0.2) is 13.3 Å². The lowest BCUT2D eigenvalue weighted by molar-refractivity contribution is 0.0970. The summed E-state index contributed by atoms with van der Waals surface area (Å²) in [5, 5.41) is 0. The number of para-hydroxylation sites is 1. The highest BCUT2D eigenvalue weighted by molar-refractivity contribution is 5.50. The molecule has 0 aliphatic carbocycles. The molecule has 1 unspecified atom stereocenters. The Morgan fingerprint density at radius 1 is 1.29 bits per heavy atom. The molecule has 2 heteroatoms. The van der Waals surface area contributed by atoms with Gasteiger partial charge in [-0.1, -0.05) is 24.3 Å². The van der Waals surface area contributed by atoms with Gasteiger partial charge >= 0.3 is 0 Å². The lowest BCUT2D eigenvalue weighted by Gasteiger charge is -2.32. The van der Waals surface area contributed by atoms with Crippen molar-refractivity contribution in [3.8, 4) is 0 Å². The van der Waals surface area contributed by atoms with E-state index in [1.165, 1.54) is 5.69 Å². The minimum atomic E-state index is 0.183. The first-order valence-corrected chi connectivity index (χ1v) is 4.94.